The van der Waals surface area contributed by atoms with Crippen molar-refractivity contribution < 1.29 is 0 Å². The monoisotopic (exact) mass is 229 g/mol. The van der Waals surface area contributed by atoms with Crippen LogP contribution in [0, 0.1) is 5.92 Å². The van der Waals surface area contributed by atoms with Crippen molar-refractivity contribution in [2.75, 3.05) is 12.3 Å². The minimum absolute atomic E-state index is 0.410. The van der Waals surface area contributed by atoms with Crippen LogP contribution in [0.4, 0.5) is 0 Å². The summed E-state index contributed by atoms with van der Waals surface area (Å²) in [5.41, 5.74) is 0. The number of thioether (sulfide) groups is 1. The molecule has 0 radical (unpaired) electrons. The van der Waals surface area contributed by atoms with E-state index in [9.17, 15) is 0 Å². The minimum Gasteiger partial charge on any atom is -0.313 e. The van der Waals surface area contributed by atoms with E-state index in [-0.39, 0.29) is 0 Å². The standard InChI is InChI=1S/C13H27NS/c1-5-14-12(9-11-7-6-8-11)10-15-13(2,3)4/h11-12,14H,5-10H2,1-4H3. The molecule has 0 heterocycles. The maximum absolute atomic E-state index is 3.63. The van der Waals surface area contributed by atoms with Gasteiger partial charge in [-0.15, -0.1) is 0 Å². The first-order valence-electron chi connectivity index (χ1n) is 6.38. The number of nitrogens with one attached hydrogen (secondary N) is 1. The molecule has 0 aromatic rings. The van der Waals surface area contributed by atoms with Gasteiger partial charge in [0, 0.05) is 16.5 Å². The molecule has 1 fully saturated rings. The van der Waals surface area contributed by atoms with E-state index >= 15 is 0 Å². The summed E-state index contributed by atoms with van der Waals surface area (Å²) >= 11 is 2.10. The molecule has 0 saturated heterocycles. The summed E-state index contributed by atoms with van der Waals surface area (Å²) in [5.74, 6) is 2.29. The zero-order chi connectivity index (χ0) is 11.3. The van der Waals surface area contributed by atoms with Gasteiger partial charge in [-0.3, -0.25) is 0 Å². The van der Waals surface area contributed by atoms with Gasteiger partial charge in [0.2, 0.25) is 0 Å². The Bertz CT molecular complexity index is 170. The van der Waals surface area contributed by atoms with E-state index in [0.29, 0.717) is 4.75 Å². The Hall–Kier alpha value is 0.310. The normalized spacial score (nSPS) is 20.0. The van der Waals surface area contributed by atoms with Crippen molar-refractivity contribution in [3.63, 3.8) is 0 Å². The third kappa shape index (κ3) is 5.82. The molecule has 1 nitrogen and oxygen atoms in total. The first-order valence-corrected chi connectivity index (χ1v) is 7.37. The SMILES string of the molecule is CCNC(CSC(C)(C)C)CC1CCC1. The first kappa shape index (κ1) is 13.4. The van der Waals surface area contributed by atoms with Crippen molar-refractivity contribution >= 4 is 11.8 Å². The molecule has 0 bridgehead atoms. The maximum atomic E-state index is 3.63. The lowest BCUT2D eigenvalue weighted by Gasteiger charge is -2.31. The summed E-state index contributed by atoms with van der Waals surface area (Å²) in [6.45, 7) is 10.3. The predicted octanol–water partition coefficient (Wildman–Crippen LogP) is 3.69. The highest BCUT2D eigenvalue weighted by Crippen LogP contribution is 2.32. The second-order valence-electron chi connectivity index (χ2n) is 5.71. The zero-order valence-corrected chi connectivity index (χ0v) is 11.6. The second kappa shape index (κ2) is 6.15. The summed E-state index contributed by atoms with van der Waals surface area (Å²) < 4.78 is 0.410. The molecule has 90 valence electrons. The quantitative estimate of drug-likeness (QED) is 0.745. The lowest BCUT2D eigenvalue weighted by Crippen LogP contribution is -2.35. The van der Waals surface area contributed by atoms with Gasteiger partial charge < -0.3 is 5.32 Å². The van der Waals surface area contributed by atoms with E-state index in [0.717, 1.165) is 18.5 Å². The Morgan fingerprint density at radius 1 is 1.33 bits per heavy atom. The summed E-state index contributed by atoms with van der Waals surface area (Å²) in [4.78, 5) is 0. The molecular weight excluding hydrogens is 202 g/mol. The second-order valence-corrected chi connectivity index (χ2v) is 7.56. The molecule has 1 N–H and O–H groups in total. The van der Waals surface area contributed by atoms with Crippen LogP contribution in [0.2, 0.25) is 0 Å². The summed E-state index contributed by atoms with van der Waals surface area (Å²) in [5, 5.41) is 3.63. The topological polar surface area (TPSA) is 12.0 Å². The van der Waals surface area contributed by atoms with E-state index in [1.165, 1.54) is 31.4 Å². The van der Waals surface area contributed by atoms with Gasteiger partial charge in [-0.2, -0.15) is 11.8 Å². The molecule has 1 aliphatic carbocycles. The highest BCUT2D eigenvalue weighted by Gasteiger charge is 2.23. The van der Waals surface area contributed by atoms with Crippen molar-refractivity contribution in [3.8, 4) is 0 Å². The molecule has 0 aromatic carbocycles. The van der Waals surface area contributed by atoms with Gasteiger partial charge in [-0.1, -0.05) is 47.0 Å². The number of hydrogen-bond donors (Lipinski definition) is 1. The molecule has 0 aliphatic heterocycles. The molecule has 1 unspecified atom stereocenters. The van der Waals surface area contributed by atoms with Gasteiger partial charge in [-0.05, 0) is 18.9 Å². The molecule has 2 heteroatoms. The van der Waals surface area contributed by atoms with Gasteiger partial charge >= 0.3 is 0 Å². The largest absolute Gasteiger partial charge is 0.313 e. The van der Waals surface area contributed by atoms with Crippen molar-refractivity contribution in [3.05, 3.63) is 0 Å². The molecular formula is C13H27NS. The Morgan fingerprint density at radius 3 is 2.40 bits per heavy atom. The maximum Gasteiger partial charge on any atom is 0.0160 e. The van der Waals surface area contributed by atoms with E-state index in [1.807, 2.05) is 0 Å². The molecule has 1 aliphatic rings. The van der Waals surface area contributed by atoms with Crippen LogP contribution in [0.5, 0.6) is 0 Å². The average Bonchev–Trinajstić information content (AvgIpc) is 2.05. The molecule has 1 rings (SSSR count). The van der Waals surface area contributed by atoms with Crippen LogP contribution in [0.3, 0.4) is 0 Å². The van der Waals surface area contributed by atoms with E-state index < -0.39 is 0 Å². The van der Waals surface area contributed by atoms with Gasteiger partial charge in [0.05, 0.1) is 0 Å². The van der Waals surface area contributed by atoms with Gasteiger partial charge in [0.1, 0.15) is 0 Å². The first-order chi connectivity index (χ1) is 7.01. The fourth-order valence-corrected chi connectivity index (χ4v) is 2.94. The van der Waals surface area contributed by atoms with Crippen molar-refractivity contribution in [1.82, 2.24) is 5.32 Å². The fraction of sp³-hybridized carbons (Fsp3) is 1.00. The number of hydrogen-bond acceptors (Lipinski definition) is 2. The van der Waals surface area contributed by atoms with E-state index in [1.54, 1.807) is 0 Å². The molecule has 1 atom stereocenters. The predicted molar refractivity (Wildman–Crippen MR) is 71.6 cm³/mol. The average molecular weight is 229 g/mol. The van der Waals surface area contributed by atoms with Crippen LogP contribution in [0.15, 0.2) is 0 Å². The van der Waals surface area contributed by atoms with Gasteiger partial charge in [0.25, 0.3) is 0 Å². The number of rotatable bonds is 6. The van der Waals surface area contributed by atoms with Gasteiger partial charge in [0.15, 0.2) is 0 Å². The third-order valence-electron chi connectivity index (χ3n) is 3.05. The third-order valence-corrected chi connectivity index (χ3v) is 4.49. The van der Waals surface area contributed by atoms with Crippen LogP contribution in [-0.2, 0) is 0 Å². The van der Waals surface area contributed by atoms with Crippen LogP contribution in [-0.4, -0.2) is 23.1 Å². The summed E-state index contributed by atoms with van der Waals surface area (Å²) in [6.07, 6.45) is 5.82. The Labute approximate surface area is 99.8 Å². The summed E-state index contributed by atoms with van der Waals surface area (Å²) in [7, 11) is 0. The molecule has 0 aromatic heterocycles. The van der Waals surface area contributed by atoms with Crippen LogP contribution >= 0.6 is 11.8 Å². The van der Waals surface area contributed by atoms with E-state index in [4.69, 9.17) is 0 Å². The molecule has 0 spiro atoms. The smallest absolute Gasteiger partial charge is 0.0160 e. The Balaban J connectivity index is 2.22. The zero-order valence-electron chi connectivity index (χ0n) is 10.8. The molecule has 0 amide bonds. The fourth-order valence-electron chi connectivity index (χ4n) is 1.98. The Morgan fingerprint density at radius 2 is 2.00 bits per heavy atom. The highest BCUT2D eigenvalue weighted by molar-refractivity contribution is 8.00. The van der Waals surface area contributed by atoms with Crippen molar-refractivity contribution in [1.29, 1.82) is 0 Å². The van der Waals surface area contributed by atoms with Crippen LogP contribution in [0.25, 0.3) is 0 Å². The van der Waals surface area contributed by atoms with Crippen molar-refractivity contribution in [2.24, 2.45) is 5.92 Å². The lowest BCUT2D eigenvalue weighted by atomic mass is 9.81. The van der Waals surface area contributed by atoms with Crippen LogP contribution in [0.1, 0.15) is 53.4 Å². The van der Waals surface area contributed by atoms with Crippen LogP contribution < -0.4 is 5.32 Å². The van der Waals surface area contributed by atoms with Crippen molar-refractivity contribution in [2.45, 2.75) is 64.2 Å². The lowest BCUT2D eigenvalue weighted by molar-refractivity contribution is 0.269. The minimum atomic E-state index is 0.410. The molecule has 1 saturated carbocycles. The summed E-state index contributed by atoms with van der Waals surface area (Å²) in [6, 6.07) is 0.740. The van der Waals surface area contributed by atoms with Gasteiger partial charge in [-0.25, -0.2) is 0 Å². The van der Waals surface area contributed by atoms with E-state index in [2.05, 4.69) is 44.8 Å². The Kier molecular flexibility index (Phi) is 5.48. The highest BCUT2D eigenvalue weighted by atomic mass is 32.2. The molecule has 15 heavy (non-hydrogen) atoms.